The van der Waals surface area contributed by atoms with Crippen molar-refractivity contribution in [1.82, 2.24) is 14.5 Å². The Morgan fingerprint density at radius 1 is 1.56 bits per heavy atom. The minimum atomic E-state index is 0.719. The van der Waals surface area contributed by atoms with E-state index in [1.807, 2.05) is 16.8 Å². The van der Waals surface area contributed by atoms with E-state index >= 15 is 0 Å². The van der Waals surface area contributed by atoms with E-state index in [-0.39, 0.29) is 0 Å². The van der Waals surface area contributed by atoms with E-state index in [9.17, 15) is 0 Å². The van der Waals surface area contributed by atoms with Crippen LogP contribution in [0.25, 0.3) is 11.2 Å². The molecule has 3 heterocycles. The molecule has 0 saturated heterocycles. The number of hydrogen-bond acceptors (Lipinski definition) is 3. The second-order valence-electron chi connectivity index (χ2n) is 4.07. The van der Waals surface area contributed by atoms with Gasteiger partial charge >= 0.3 is 0 Å². The largest absolute Gasteiger partial charge is 0.329 e. The van der Waals surface area contributed by atoms with Crippen molar-refractivity contribution in [3.05, 3.63) is 43.4 Å². The fourth-order valence-corrected chi connectivity index (χ4v) is 3.60. The number of fused-ring (bicyclic) bond motifs is 1. The van der Waals surface area contributed by atoms with Crippen LogP contribution in [0.2, 0.25) is 0 Å². The third kappa shape index (κ3) is 2.04. The lowest BCUT2D eigenvalue weighted by molar-refractivity contribution is 0.813. The Morgan fingerprint density at radius 3 is 3.11 bits per heavy atom. The van der Waals surface area contributed by atoms with E-state index in [2.05, 4.69) is 44.3 Å². The predicted molar refractivity (Wildman–Crippen MR) is 80.8 cm³/mol. The number of H-pyrrole nitrogens is 1. The van der Waals surface area contributed by atoms with E-state index in [0.717, 1.165) is 32.5 Å². The van der Waals surface area contributed by atoms with Gasteiger partial charge in [-0.05, 0) is 52.8 Å². The Hall–Kier alpha value is -0.980. The highest BCUT2D eigenvalue weighted by atomic mass is 79.9. The standard InChI is InChI=1S/C12H10BrN3S2/c1-7-2-3-14-11-10(7)15-12(17)16(11)5-9-4-8(13)6-18-9/h2-4,6H,5H2,1H3,(H,15,17). The fraction of sp³-hybridized carbons (Fsp3) is 0.167. The summed E-state index contributed by atoms with van der Waals surface area (Å²) in [6, 6.07) is 4.10. The maximum atomic E-state index is 5.38. The van der Waals surface area contributed by atoms with Crippen LogP contribution in [-0.4, -0.2) is 14.5 Å². The van der Waals surface area contributed by atoms with Crippen LogP contribution in [0.5, 0.6) is 0 Å². The molecule has 0 radical (unpaired) electrons. The Kier molecular flexibility index (Phi) is 3.09. The summed E-state index contributed by atoms with van der Waals surface area (Å²) in [6.45, 7) is 2.81. The number of thiophene rings is 1. The van der Waals surface area contributed by atoms with Crippen molar-refractivity contribution in [3.63, 3.8) is 0 Å². The van der Waals surface area contributed by atoms with Gasteiger partial charge in [-0.1, -0.05) is 0 Å². The SMILES string of the molecule is Cc1ccnc2c1[nH]c(=S)n2Cc1cc(Br)cs1. The zero-order chi connectivity index (χ0) is 12.7. The molecule has 0 spiro atoms. The van der Waals surface area contributed by atoms with Crippen LogP contribution in [0.1, 0.15) is 10.4 Å². The molecule has 0 bridgehead atoms. The van der Waals surface area contributed by atoms with E-state index < -0.39 is 0 Å². The van der Waals surface area contributed by atoms with Crippen molar-refractivity contribution >= 4 is 50.6 Å². The molecular formula is C12H10BrN3S2. The molecule has 0 aliphatic rings. The van der Waals surface area contributed by atoms with E-state index in [1.54, 1.807) is 11.3 Å². The fourth-order valence-electron chi connectivity index (χ4n) is 1.91. The predicted octanol–water partition coefficient (Wildman–Crippen LogP) is 4.27. The zero-order valence-electron chi connectivity index (χ0n) is 9.61. The molecular weight excluding hydrogens is 330 g/mol. The second kappa shape index (κ2) is 4.60. The molecule has 0 saturated carbocycles. The normalized spacial score (nSPS) is 11.2. The van der Waals surface area contributed by atoms with Crippen molar-refractivity contribution in [1.29, 1.82) is 0 Å². The lowest BCUT2D eigenvalue weighted by atomic mass is 10.3. The van der Waals surface area contributed by atoms with Gasteiger partial charge in [0.1, 0.15) is 0 Å². The highest BCUT2D eigenvalue weighted by Crippen LogP contribution is 2.23. The van der Waals surface area contributed by atoms with Crippen LogP contribution >= 0.6 is 39.5 Å². The first-order chi connectivity index (χ1) is 8.65. The van der Waals surface area contributed by atoms with Crippen LogP contribution in [0.4, 0.5) is 0 Å². The van der Waals surface area contributed by atoms with Crippen LogP contribution < -0.4 is 0 Å². The van der Waals surface area contributed by atoms with Gasteiger partial charge in [0.15, 0.2) is 10.4 Å². The molecule has 0 aromatic carbocycles. The number of aromatic amines is 1. The number of pyridine rings is 1. The number of aromatic nitrogens is 3. The van der Waals surface area contributed by atoms with Gasteiger partial charge in [-0.3, -0.25) is 4.57 Å². The van der Waals surface area contributed by atoms with Crippen LogP contribution in [0.3, 0.4) is 0 Å². The van der Waals surface area contributed by atoms with Crippen molar-refractivity contribution in [2.24, 2.45) is 0 Å². The number of nitrogens with zero attached hydrogens (tertiary/aromatic N) is 2. The smallest absolute Gasteiger partial charge is 0.179 e. The number of halogens is 1. The molecule has 0 unspecified atom stereocenters. The van der Waals surface area contributed by atoms with Crippen molar-refractivity contribution in [2.45, 2.75) is 13.5 Å². The second-order valence-corrected chi connectivity index (χ2v) is 6.37. The molecule has 0 aliphatic carbocycles. The average molecular weight is 340 g/mol. The summed E-state index contributed by atoms with van der Waals surface area (Å²) in [4.78, 5) is 8.91. The molecule has 3 aromatic heterocycles. The minimum absolute atomic E-state index is 0.719. The van der Waals surface area contributed by atoms with Crippen molar-refractivity contribution in [2.75, 3.05) is 0 Å². The molecule has 18 heavy (non-hydrogen) atoms. The monoisotopic (exact) mass is 339 g/mol. The number of hydrogen-bond donors (Lipinski definition) is 1. The topological polar surface area (TPSA) is 33.6 Å². The first-order valence-electron chi connectivity index (χ1n) is 5.42. The van der Waals surface area contributed by atoms with E-state index in [1.165, 1.54) is 4.88 Å². The highest BCUT2D eigenvalue weighted by molar-refractivity contribution is 9.10. The molecule has 92 valence electrons. The van der Waals surface area contributed by atoms with Gasteiger partial charge in [0.25, 0.3) is 0 Å². The van der Waals surface area contributed by atoms with Gasteiger partial charge in [0.2, 0.25) is 0 Å². The Labute approximate surface area is 122 Å². The van der Waals surface area contributed by atoms with Gasteiger partial charge in [0.05, 0.1) is 12.1 Å². The molecule has 3 rings (SSSR count). The van der Waals surface area contributed by atoms with Gasteiger partial charge in [-0.2, -0.15) is 0 Å². The molecule has 0 aliphatic heterocycles. The van der Waals surface area contributed by atoms with Crippen LogP contribution in [0, 0.1) is 11.7 Å². The Balaban J connectivity index is 2.14. The molecule has 3 aromatic rings. The summed E-state index contributed by atoms with van der Waals surface area (Å²) in [5, 5.41) is 2.08. The van der Waals surface area contributed by atoms with Gasteiger partial charge < -0.3 is 4.98 Å². The summed E-state index contributed by atoms with van der Waals surface area (Å²) in [5.74, 6) is 0. The molecule has 0 fully saturated rings. The summed E-state index contributed by atoms with van der Waals surface area (Å²) in [6.07, 6.45) is 1.82. The molecule has 0 atom stereocenters. The van der Waals surface area contributed by atoms with E-state index in [0.29, 0.717) is 0 Å². The maximum absolute atomic E-state index is 5.38. The van der Waals surface area contributed by atoms with E-state index in [4.69, 9.17) is 12.2 Å². The summed E-state index contributed by atoms with van der Waals surface area (Å²) < 4.78 is 3.87. The third-order valence-corrected chi connectivity index (χ3v) is 4.81. The molecule has 6 heteroatoms. The first-order valence-corrected chi connectivity index (χ1v) is 7.50. The lowest BCUT2D eigenvalue weighted by Gasteiger charge is -2.01. The summed E-state index contributed by atoms with van der Waals surface area (Å²) >= 11 is 10.6. The lowest BCUT2D eigenvalue weighted by Crippen LogP contribution is -1.99. The summed E-state index contributed by atoms with van der Waals surface area (Å²) in [7, 11) is 0. The van der Waals surface area contributed by atoms with Gasteiger partial charge in [-0.25, -0.2) is 4.98 Å². The summed E-state index contributed by atoms with van der Waals surface area (Å²) in [5.41, 5.74) is 3.11. The van der Waals surface area contributed by atoms with Gasteiger partial charge in [-0.15, -0.1) is 11.3 Å². The average Bonchev–Trinajstić information content (AvgIpc) is 2.87. The number of rotatable bonds is 2. The third-order valence-electron chi connectivity index (χ3n) is 2.81. The number of aryl methyl sites for hydroxylation is 1. The van der Waals surface area contributed by atoms with Gasteiger partial charge in [0, 0.05) is 20.9 Å². The van der Waals surface area contributed by atoms with Crippen LogP contribution in [-0.2, 0) is 6.54 Å². The van der Waals surface area contributed by atoms with Crippen molar-refractivity contribution < 1.29 is 0 Å². The zero-order valence-corrected chi connectivity index (χ0v) is 12.8. The van der Waals surface area contributed by atoms with Crippen LogP contribution in [0.15, 0.2) is 28.2 Å². The molecule has 1 N–H and O–H groups in total. The molecule has 3 nitrogen and oxygen atoms in total. The molecule has 0 amide bonds. The minimum Gasteiger partial charge on any atom is -0.329 e. The first kappa shape index (κ1) is 12.1. The van der Waals surface area contributed by atoms with Crippen molar-refractivity contribution in [3.8, 4) is 0 Å². The Bertz CT molecular complexity index is 769. The highest BCUT2D eigenvalue weighted by Gasteiger charge is 2.08. The number of imidazole rings is 1. The number of nitrogens with one attached hydrogen (secondary N) is 1. The Morgan fingerprint density at radius 2 is 2.39 bits per heavy atom. The quantitative estimate of drug-likeness (QED) is 0.707. The maximum Gasteiger partial charge on any atom is 0.179 e.